The molecule has 0 saturated carbocycles. The van der Waals surface area contributed by atoms with Crippen LogP contribution in [0.2, 0.25) is 0 Å². The van der Waals surface area contributed by atoms with Crippen LogP contribution in [0.15, 0.2) is 18.5 Å². The Morgan fingerprint density at radius 2 is 2.21 bits per heavy atom. The van der Waals surface area contributed by atoms with E-state index < -0.39 is 0 Å². The Labute approximate surface area is 83.0 Å². The van der Waals surface area contributed by atoms with Crippen molar-refractivity contribution >= 4 is 11.3 Å². The van der Waals surface area contributed by atoms with Crippen molar-refractivity contribution in [3.05, 3.63) is 24.2 Å². The number of aromatic nitrogens is 3. The lowest BCUT2D eigenvalue weighted by atomic mass is 10.1. The van der Waals surface area contributed by atoms with E-state index in [4.69, 9.17) is 0 Å². The first-order valence-electron chi connectivity index (χ1n) is 4.74. The zero-order chi connectivity index (χ0) is 10.1. The molecule has 4 heteroatoms. The first-order chi connectivity index (χ1) is 6.72. The Bertz CT molecular complexity index is 444. The lowest BCUT2D eigenvalue weighted by Crippen LogP contribution is -1.96. The fraction of sp³-hybridized carbons (Fsp3) is 0.400. The van der Waals surface area contributed by atoms with Gasteiger partial charge in [0.15, 0.2) is 5.82 Å². The maximum atomic E-state index is 4.46. The summed E-state index contributed by atoms with van der Waals surface area (Å²) in [7, 11) is 1.87. The Hall–Kier alpha value is -1.58. The summed E-state index contributed by atoms with van der Waals surface area (Å²) in [6, 6.07) is 2.07. The van der Waals surface area contributed by atoms with E-state index in [1.807, 2.05) is 17.8 Å². The van der Waals surface area contributed by atoms with Crippen molar-refractivity contribution in [1.82, 2.24) is 14.6 Å². The van der Waals surface area contributed by atoms with Crippen molar-refractivity contribution in [3.63, 3.8) is 0 Å². The second-order valence-corrected chi connectivity index (χ2v) is 3.58. The highest BCUT2D eigenvalue weighted by Gasteiger charge is 2.08. The molecule has 1 N–H and O–H groups in total. The number of hydrogen-bond donors (Lipinski definition) is 1. The van der Waals surface area contributed by atoms with Crippen molar-refractivity contribution in [1.29, 1.82) is 0 Å². The minimum Gasteiger partial charge on any atom is -0.371 e. The summed E-state index contributed by atoms with van der Waals surface area (Å²) < 4.78 is 1.86. The number of rotatable bonds is 2. The Morgan fingerprint density at radius 1 is 1.43 bits per heavy atom. The second kappa shape index (κ2) is 3.29. The van der Waals surface area contributed by atoms with Crippen LogP contribution in [0.5, 0.6) is 0 Å². The molecule has 0 radical (unpaired) electrons. The van der Waals surface area contributed by atoms with Gasteiger partial charge in [0.05, 0.1) is 5.69 Å². The van der Waals surface area contributed by atoms with Crippen LogP contribution < -0.4 is 5.32 Å². The van der Waals surface area contributed by atoms with Crippen molar-refractivity contribution in [2.24, 2.45) is 0 Å². The molecule has 0 aliphatic heterocycles. The Kier molecular flexibility index (Phi) is 2.11. The summed E-state index contributed by atoms with van der Waals surface area (Å²) in [5.41, 5.74) is 2.12. The Morgan fingerprint density at radius 3 is 2.86 bits per heavy atom. The molecule has 0 fully saturated rings. The van der Waals surface area contributed by atoms with E-state index in [1.165, 1.54) is 0 Å². The third-order valence-corrected chi connectivity index (χ3v) is 2.24. The number of hydrogen-bond acceptors (Lipinski definition) is 3. The second-order valence-electron chi connectivity index (χ2n) is 3.58. The molecule has 0 aliphatic carbocycles. The van der Waals surface area contributed by atoms with E-state index in [0.717, 1.165) is 17.0 Å². The van der Waals surface area contributed by atoms with Gasteiger partial charge in [0.1, 0.15) is 5.52 Å². The van der Waals surface area contributed by atoms with E-state index in [2.05, 4.69) is 35.3 Å². The lowest BCUT2D eigenvalue weighted by molar-refractivity contribution is 0.787. The third-order valence-electron chi connectivity index (χ3n) is 2.24. The van der Waals surface area contributed by atoms with Gasteiger partial charge in [-0.25, -0.2) is 9.50 Å². The molecule has 14 heavy (non-hydrogen) atoms. The molecule has 0 atom stereocenters. The Balaban J connectivity index is 2.64. The predicted molar refractivity (Wildman–Crippen MR) is 56.6 cm³/mol. The molecular formula is C10H14N4. The topological polar surface area (TPSA) is 42.2 Å². The molecular weight excluding hydrogens is 176 g/mol. The minimum atomic E-state index is 0.444. The molecule has 4 nitrogen and oxygen atoms in total. The molecule has 2 aromatic rings. The molecule has 0 spiro atoms. The van der Waals surface area contributed by atoms with Gasteiger partial charge in [-0.15, -0.1) is 0 Å². The number of nitrogens with one attached hydrogen (secondary N) is 1. The maximum Gasteiger partial charge on any atom is 0.151 e. The SMILES string of the molecule is CNc1nccn2nc(C(C)C)cc12. The van der Waals surface area contributed by atoms with Crippen molar-refractivity contribution in [2.45, 2.75) is 19.8 Å². The molecule has 2 heterocycles. The number of fused-ring (bicyclic) bond motifs is 1. The summed E-state index contributed by atoms with van der Waals surface area (Å²) in [5.74, 6) is 1.31. The number of anilines is 1. The van der Waals surface area contributed by atoms with Gasteiger partial charge in [-0.2, -0.15) is 5.10 Å². The van der Waals surface area contributed by atoms with Crippen LogP contribution in [0.1, 0.15) is 25.5 Å². The van der Waals surface area contributed by atoms with Gasteiger partial charge in [0, 0.05) is 19.4 Å². The van der Waals surface area contributed by atoms with Crippen LogP contribution in [0.3, 0.4) is 0 Å². The molecule has 74 valence electrons. The highest BCUT2D eigenvalue weighted by molar-refractivity contribution is 5.67. The summed E-state index contributed by atoms with van der Waals surface area (Å²) in [4.78, 5) is 4.23. The van der Waals surface area contributed by atoms with Crippen LogP contribution in [-0.4, -0.2) is 21.6 Å². The number of nitrogens with zero attached hydrogens (tertiary/aromatic N) is 3. The van der Waals surface area contributed by atoms with Gasteiger partial charge >= 0.3 is 0 Å². The van der Waals surface area contributed by atoms with E-state index in [9.17, 15) is 0 Å². The zero-order valence-corrected chi connectivity index (χ0v) is 8.65. The lowest BCUT2D eigenvalue weighted by Gasteiger charge is -1.99. The van der Waals surface area contributed by atoms with E-state index in [-0.39, 0.29) is 0 Å². The van der Waals surface area contributed by atoms with Gasteiger partial charge in [-0.1, -0.05) is 13.8 Å². The van der Waals surface area contributed by atoms with E-state index in [0.29, 0.717) is 5.92 Å². The zero-order valence-electron chi connectivity index (χ0n) is 8.65. The summed E-state index contributed by atoms with van der Waals surface area (Å²) >= 11 is 0. The van der Waals surface area contributed by atoms with Crippen LogP contribution in [0.25, 0.3) is 5.52 Å². The van der Waals surface area contributed by atoms with Gasteiger partial charge in [0.2, 0.25) is 0 Å². The molecule has 0 saturated heterocycles. The smallest absolute Gasteiger partial charge is 0.151 e. The first kappa shape index (κ1) is 8.99. The highest BCUT2D eigenvalue weighted by atomic mass is 15.2. The van der Waals surface area contributed by atoms with Crippen LogP contribution in [0.4, 0.5) is 5.82 Å². The average molecular weight is 190 g/mol. The molecule has 2 rings (SSSR count). The van der Waals surface area contributed by atoms with Gasteiger partial charge in [0.25, 0.3) is 0 Å². The molecule has 0 bridgehead atoms. The fourth-order valence-corrected chi connectivity index (χ4v) is 1.42. The maximum absolute atomic E-state index is 4.46. The quantitative estimate of drug-likeness (QED) is 0.786. The van der Waals surface area contributed by atoms with Crippen molar-refractivity contribution < 1.29 is 0 Å². The summed E-state index contributed by atoms with van der Waals surface area (Å²) in [6.45, 7) is 4.27. The molecule has 2 aromatic heterocycles. The average Bonchev–Trinajstić information content (AvgIpc) is 2.60. The summed E-state index contributed by atoms with van der Waals surface area (Å²) in [5, 5.41) is 7.51. The standard InChI is InChI=1S/C10H14N4/c1-7(2)8-6-9-10(11-3)12-4-5-14(9)13-8/h4-7H,1-3H3,(H,11,12). The van der Waals surface area contributed by atoms with Crippen LogP contribution >= 0.6 is 0 Å². The van der Waals surface area contributed by atoms with Gasteiger partial charge in [-0.3, -0.25) is 0 Å². The predicted octanol–water partition coefficient (Wildman–Crippen LogP) is 1.89. The largest absolute Gasteiger partial charge is 0.371 e. The summed E-state index contributed by atoms with van der Waals surface area (Å²) in [6.07, 6.45) is 3.61. The monoisotopic (exact) mass is 190 g/mol. The normalized spacial score (nSPS) is 11.1. The van der Waals surface area contributed by atoms with Crippen LogP contribution in [0, 0.1) is 0 Å². The van der Waals surface area contributed by atoms with Gasteiger partial charge in [-0.05, 0) is 12.0 Å². The van der Waals surface area contributed by atoms with E-state index >= 15 is 0 Å². The molecule has 0 aromatic carbocycles. The molecule has 0 aliphatic rings. The molecule has 0 amide bonds. The fourth-order valence-electron chi connectivity index (χ4n) is 1.42. The molecule has 0 unspecified atom stereocenters. The minimum absolute atomic E-state index is 0.444. The van der Waals surface area contributed by atoms with Gasteiger partial charge < -0.3 is 5.32 Å². The van der Waals surface area contributed by atoms with E-state index in [1.54, 1.807) is 6.20 Å². The van der Waals surface area contributed by atoms with Crippen molar-refractivity contribution in [2.75, 3.05) is 12.4 Å². The van der Waals surface area contributed by atoms with Crippen LogP contribution in [-0.2, 0) is 0 Å². The highest BCUT2D eigenvalue weighted by Crippen LogP contribution is 2.19. The third kappa shape index (κ3) is 1.32. The first-order valence-corrected chi connectivity index (χ1v) is 4.74. The van der Waals surface area contributed by atoms with Crippen molar-refractivity contribution in [3.8, 4) is 0 Å².